The molecule has 6 nitrogen and oxygen atoms in total. The van der Waals surface area contributed by atoms with Crippen LogP contribution in [0.1, 0.15) is 25.7 Å². The lowest BCUT2D eigenvalue weighted by molar-refractivity contribution is 0.410. The molecule has 128 valence electrons. The summed E-state index contributed by atoms with van der Waals surface area (Å²) in [5.41, 5.74) is 2.66. The number of aromatic nitrogens is 3. The molecule has 4 rings (SSSR count). The first-order valence-corrected chi connectivity index (χ1v) is 8.80. The van der Waals surface area contributed by atoms with Crippen molar-refractivity contribution in [2.75, 3.05) is 5.32 Å². The van der Waals surface area contributed by atoms with Gasteiger partial charge in [0.2, 0.25) is 0 Å². The van der Waals surface area contributed by atoms with E-state index in [9.17, 15) is 4.91 Å². The fourth-order valence-corrected chi connectivity index (χ4v) is 3.52. The average molecular weight is 356 g/mol. The first-order chi connectivity index (χ1) is 12.2. The Bertz CT molecular complexity index is 901. The van der Waals surface area contributed by atoms with Crippen LogP contribution in [0, 0.1) is 4.91 Å². The van der Waals surface area contributed by atoms with Gasteiger partial charge in [-0.25, -0.2) is 9.50 Å². The normalized spacial score (nSPS) is 20.5. The molecule has 0 atom stereocenters. The second-order valence-corrected chi connectivity index (χ2v) is 6.83. The van der Waals surface area contributed by atoms with E-state index in [-0.39, 0.29) is 6.04 Å². The summed E-state index contributed by atoms with van der Waals surface area (Å²) in [5, 5.41) is 12.0. The number of rotatable bonds is 4. The zero-order valence-electron chi connectivity index (χ0n) is 13.6. The van der Waals surface area contributed by atoms with Crippen molar-refractivity contribution < 1.29 is 0 Å². The standard InChI is InChI=1S/C18H18ClN5O/c19-13-3-1-2-12(10-13)16-11-20-18-9-8-17(22-24(16)18)21-14-4-6-15(23-25)7-5-14/h1-3,8-11,14-15H,4-7H2,(H,21,22). The molecule has 1 saturated carbocycles. The highest BCUT2D eigenvalue weighted by molar-refractivity contribution is 6.30. The van der Waals surface area contributed by atoms with E-state index in [1.807, 2.05) is 40.9 Å². The van der Waals surface area contributed by atoms with Crippen LogP contribution in [0.3, 0.4) is 0 Å². The van der Waals surface area contributed by atoms with E-state index >= 15 is 0 Å². The molecular formula is C18H18ClN5O. The number of halogens is 1. The van der Waals surface area contributed by atoms with Gasteiger partial charge < -0.3 is 5.32 Å². The Hall–Kier alpha value is -2.47. The van der Waals surface area contributed by atoms with Crippen molar-refractivity contribution in [2.24, 2.45) is 5.18 Å². The molecule has 7 heteroatoms. The van der Waals surface area contributed by atoms with Gasteiger partial charge in [0.25, 0.3) is 0 Å². The van der Waals surface area contributed by atoms with Gasteiger partial charge in [0, 0.05) is 16.6 Å². The summed E-state index contributed by atoms with van der Waals surface area (Å²) in [7, 11) is 0. The molecule has 0 amide bonds. The number of benzene rings is 1. The van der Waals surface area contributed by atoms with Gasteiger partial charge in [-0.2, -0.15) is 4.91 Å². The summed E-state index contributed by atoms with van der Waals surface area (Å²) in [6.07, 6.45) is 5.34. The molecule has 1 aromatic carbocycles. The van der Waals surface area contributed by atoms with Gasteiger partial charge in [0.05, 0.1) is 17.9 Å². The number of nitrogens with zero attached hydrogens (tertiary/aromatic N) is 4. The van der Waals surface area contributed by atoms with Gasteiger partial charge in [-0.1, -0.05) is 28.9 Å². The van der Waals surface area contributed by atoms with Gasteiger partial charge in [-0.05, 0) is 49.9 Å². The fourth-order valence-electron chi connectivity index (χ4n) is 3.33. The number of nitrogens with one attached hydrogen (secondary N) is 1. The molecule has 3 aromatic rings. The smallest absolute Gasteiger partial charge is 0.154 e. The average Bonchev–Trinajstić information content (AvgIpc) is 3.06. The van der Waals surface area contributed by atoms with E-state index in [4.69, 9.17) is 11.6 Å². The minimum absolute atomic E-state index is 0.0310. The fraction of sp³-hybridized carbons (Fsp3) is 0.333. The summed E-state index contributed by atoms with van der Waals surface area (Å²) in [4.78, 5) is 15.1. The Morgan fingerprint density at radius 2 is 2.00 bits per heavy atom. The highest BCUT2D eigenvalue weighted by atomic mass is 35.5. The molecule has 1 aliphatic carbocycles. The maximum atomic E-state index is 10.6. The van der Waals surface area contributed by atoms with Gasteiger partial charge in [-0.15, -0.1) is 5.10 Å². The third-order valence-electron chi connectivity index (χ3n) is 4.68. The van der Waals surface area contributed by atoms with Crippen molar-refractivity contribution in [3.05, 3.63) is 52.5 Å². The first-order valence-electron chi connectivity index (χ1n) is 8.42. The molecule has 0 spiro atoms. The Balaban J connectivity index is 1.59. The van der Waals surface area contributed by atoms with E-state index in [2.05, 4.69) is 20.6 Å². The maximum Gasteiger partial charge on any atom is 0.154 e. The van der Waals surface area contributed by atoms with Crippen molar-refractivity contribution in [3.63, 3.8) is 0 Å². The van der Waals surface area contributed by atoms with Crippen molar-refractivity contribution in [2.45, 2.75) is 37.8 Å². The second kappa shape index (κ2) is 6.80. The number of nitroso groups, excluding NO2 is 1. The van der Waals surface area contributed by atoms with E-state index in [1.165, 1.54) is 0 Å². The molecule has 1 aliphatic rings. The number of anilines is 1. The molecule has 2 heterocycles. The van der Waals surface area contributed by atoms with E-state index in [1.54, 1.807) is 6.20 Å². The zero-order valence-corrected chi connectivity index (χ0v) is 14.4. The highest BCUT2D eigenvalue weighted by Gasteiger charge is 2.22. The van der Waals surface area contributed by atoms with Crippen LogP contribution < -0.4 is 5.32 Å². The minimum atomic E-state index is -0.0310. The molecule has 1 N–H and O–H groups in total. The Kier molecular flexibility index (Phi) is 4.36. The zero-order chi connectivity index (χ0) is 17.2. The molecular weight excluding hydrogens is 338 g/mol. The van der Waals surface area contributed by atoms with Crippen LogP contribution in [0.25, 0.3) is 16.9 Å². The number of fused-ring (bicyclic) bond motifs is 1. The van der Waals surface area contributed by atoms with Gasteiger partial charge in [0.1, 0.15) is 5.82 Å². The second-order valence-electron chi connectivity index (χ2n) is 6.40. The predicted octanol–water partition coefficient (Wildman–Crippen LogP) is 4.54. The van der Waals surface area contributed by atoms with Crippen LogP contribution in [-0.2, 0) is 0 Å². The van der Waals surface area contributed by atoms with E-state index in [0.29, 0.717) is 11.1 Å². The van der Waals surface area contributed by atoms with Crippen LogP contribution in [-0.4, -0.2) is 26.7 Å². The Labute approximate surface area is 150 Å². The van der Waals surface area contributed by atoms with Crippen LogP contribution in [0.4, 0.5) is 5.82 Å². The number of hydrogen-bond donors (Lipinski definition) is 1. The molecule has 0 saturated heterocycles. The van der Waals surface area contributed by atoms with Gasteiger partial charge in [0.15, 0.2) is 5.65 Å². The third-order valence-corrected chi connectivity index (χ3v) is 4.92. The lowest BCUT2D eigenvalue weighted by Gasteiger charge is -2.25. The van der Waals surface area contributed by atoms with Crippen molar-refractivity contribution in [1.29, 1.82) is 0 Å². The monoisotopic (exact) mass is 355 g/mol. The number of hydrogen-bond acceptors (Lipinski definition) is 5. The van der Waals surface area contributed by atoms with E-state index in [0.717, 1.165) is 48.4 Å². The van der Waals surface area contributed by atoms with Crippen LogP contribution in [0.5, 0.6) is 0 Å². The molecule has 0 radical (unpaired) electrons. The summed E-state index contributed by atoms with van der Waals surface area (Å²) in [6, 6.07) is 11.8. The third kappa shape index (κ3) is 3.35. The highest BCUT2D eigenvalue weighted by Crippen LogP contribution is 2.26. The van der Waals surface area contributed by atoms with Crippen molar-refractivity contribution in [1.82, 2.24) is 14.6 Å². The molecule has 0 bridgehead atoms. The largest absolute Gasteiger partial charge is 0.366 e. The van der Waals surface area contributed by atoms with Crippen LogP contribution in [0.15, 0.2) is 47.8 Å². The summed E-state index contributed by atoms with van der Waals surface area (Å²) >= 11 is 6.10. The molecule has 0 unspecified atom stereocenters. The maximum absolute atomic E-state index is 10.6. The molecule has 2 aromatic heterocycles. The van der Waals surface area contributed by atoms with Crippen molar-refractivity contribution in [3.8, 4) is 11.3 Å². The molecule has 1 fully saturated rings. The Morgan fingerprint density at radius 3 is 2.76 bits per heavy atom. The summed E-state index contributed by atoms with van der Waals surface area (Å²) in [6.45, 7) is 0. The van der Waals surface area contributed by atoms with Crippen LogP contribution in [0.2, 0.25) is 5.02 Å². The lowest BCUT2D eigenvalue weighted by Crippen LogP contribution is -2.28. The van der Waals surface area contributed by atoms with E-state index < -0.39 is 0 Å². The van der Waals surface area contributed by atoms with Crippen molar-refractivity contribution >= 4 is 23.1 Å². The van der Waals surface area contributed by atoms with Gasteiger partial charge in [-0.3, -0.25) is 0 Å². The minimum Gasteiger partial charge on any atom is -0.366 e. The van der Waals surface area contributed by atoms with Crippen LogP contribution >= 0.6 is 11.6 Å². The number of imidazole rings is 1. The van der Waals surface area contributed by atoms with Gasteiger partial charge >= 0.3 is 0 Å². The lowest BCUT2D eigenvalue weighted by atomic mass is 9.92. The topological polar surface area (TPSA) is 71.7 Å². The quantitative estimate of drug-likeness (QED) is 0.697. The Morgan fingerprint density at radius 1 is 1.16 bits per heavy atom. The predicted molar refractivity (Wildman–Crippen MR) is 98.9 cm³/mol. The summed E-state index contributed by atoms with van der Waals surface area (Å²) < 4.78 is 1.83. The SMILES string of the molecule is O=NC1CCC(Nc2ccc3ncc(-c4cccc(Cl)c4)n3n2)CC1. The molecule has 25 heavy (non-hydrogen) atoms. The summed E-state index contributed by atoms with van der Waals surface area (Å²) in [5.74, 6) is 0.802. The first kappa shape index (κ1) is 16.0. The molecule has 0 aliphatic heterocycles.